The van der Waals surface area contributed by atoms with Gasteiger partial charge < -0.3 is 0 Å². The summed E-state index contributed by atoms with van der Waals surface area (Å²) < 4.78 is 29.6. The van der Waals surface area contributed by atoms with Gasteiger partial charge in [-0.05, 0) is 0 Å². The van der Waals surface area contributed by atoms with Crippen LogP contribution in [0, 0.1) is 0 Å². The zero-order valence-electron chi connectivity index (χ0n) is 2.63. The normalized spacial score (nSPS) is 7.20. The smallest absolute Gasteiger partial charge is 0 e. The molecule has 0 aliphatic rings. The summed E-state index contributed by atoms with van der Waals surface area (Å²) in [6.45, 7) is 0. The molecule has 0 nitrogen and oxygen atoms in total. The first-order chi connectivity index (χ1) is 1.73. The van der Waals surface area contributed by atoms with E-state index in [0.717, 1.165) is 0 Å². The van der Waals surface area contributed by atoms with E-state index in [4.69, 9.17) is 0 Å². The van der Waals surface area contributed by atoms with Crippen LogP contribution in [0.4, 0.5) is 8.60 Å². The van der Waals surface area contributed by atoms with E-state index in [1.807, 2.05) is 0 Å². The van der Waals surface area contributed by atoms with E-state index in [1.165, 1.54) is 0 Å². The van der Waals surface area contributed by atoms with E-state index in [1.54, 1.807) is 0 Å². The van der Waals surface area contributed by atoms with E-state index in [2.05, 4.69) is 0 Å². The quantitative estimate of drug-likeness (QED) is 0.498. The van der Waals surface area contributed by atoms with Crippen molar-refractivity contribution in [3.63, 3.8) is 0 Å². The zero-order chi connectivity index (χ0) is 3.58. The van der Waals surface area contributed by atoms with Crippen molar-refractivity contribution in [2.24, 2.45) is 0 Å². The molecule has 0 spiro atoms. The molecule has 0 saturated carbocycles. The Bertz CT molecular complexity index is 11.6. The van der Waals surface area contributed by atoms with Crippen molar-refractivity contribution in [1.29, 1.82) is 0 Å². The predicted molar refractivity (Wildman–Crippen MR) is 14.8 cm³/mol. The third-order valence-corrected chi connectivity index (χ3v) is 0. The summed E-state index contributed by atoms with van der Waals surface area (Å²) in [5, 5.41) is 0. The average molecular weight is 199 g/mol. The minimum atomic E-state index is -5.04. The molecule has 0 atom stereocenters. The van der Waals surface area contributed by atoms with E-state index < -0.39 is 21.5 Å². The number of hydrogen-bond acceptors (Lipinski definition) is 0. The van der Waals surface area contributed by atoms with Crippen LogP contribution < -0.4 is 0 Å². The second-order valence-electron chi connectivity index (χ2n) is 0.214. The van der Waals surface area contributed by atoms with Crippen molar-refractivity contribution in [3.8, 4) is 0 Å². The van der Waals surface area contributed by atoms with Gasteiger partial charge in [-0.1, -0.05) is 0 Å². The van der Waals surface area contributed by atoms with E-state index in [-0.39, 0.29) is 29.6 Å². The summed E-state index contributed by atoms with van der Waals surface area (Å²) in [4.78, 5) is 0. The Hall–Kier alpha value is 1.59. The molecule has 5 heteroatoms. The largest absolute Gasteiger partial charge is 0 e. The van der Waals surface area contributed by atoms with Crippen molar-refractivity contribution in [1.82, 2.24) is 0 Å². The third kappa shape index (κ3) is 28.5. The molecule has 0 rings (SSSR count). The first kappa shape index (κ1) is 9.77. The van der Waals surface area contributed by atoms with Crippen LogP contribution in [0.25, 0.3) is 0 Å². The standard InChI is InChI=1S/3FH.Na.Sn/h3*1H;;/q;;;;+3/p-3. The van der Waals surface area contributed by atoms with Gasteiger partial charge in [0.05, 0.1) is 0 Å². The van der Waals surface area contributed by atoms with Crippen molar-refractivity contribution < 1.29 is 8.60 Å². The van der Waals surface area contributed by atoms with E-state index in [0.29, 0.717) is 0 Å². The van der Waals surface area contributed by atoms with Gasteiger partial charge in [-0.3, -0.25) is 0 Å². The Morgan fingerprint density at radius 2 is 1.00 bits per heavy atom. The fourth-order valence-electron chi connectivity index (χ4n) is 0. The number of rotatable bonds is 0. The van der Waals surface area contributed by atoms with Crippen LogP contribution in [-0.4, -0.2) is 51.0 Å². The molecule has 0 saturated heterocycles. The summed E-state index contributed by atoms with van der Waals surface area (Å²) in [5.74, 6) is 0. The first-order valence-corrected chi connectivity index (χ1v) is 3.80. The molecule has 0 fully saturated rings. The minimum Gasteiger partial charge on any atom is 0 e. The molecule has 26 valence electrons. The van der Waals surface area contributed by atoms with Gasteiger partial charge in [-0.2, -0.15) is 0 Å². The van der Waals surface area contributed by atoms with E-state index >= 15 is 0 Å². The molecule has 0 unspecified atom stereocenters. The van der Waals surface area contributed by atoms with Crippen LogP contribution in [0.15, 0.2) is 0 Å². The van der Waals surface area contributed by atoms with Crippen LogP contribution in [0.3, 0.4) is 0 Å². The Morgan fingerprint density at radius 3 is 1.00 bits per heavy atom. The zero-order valence-corrected chi connectivity index (χ0v) is 7.49. The maximum absolute atomic E-state index is 9.86. The van der Waals surface area contributed by atoms with Gasteiger partial charge in [0.2, 0.25) is 0 Å². The van der Waals surface area contributed by atoms with E-state index in [9.17, 15) is 8.60 Å². The van der Waals surface area contributed by atoms with Crippen LogP contribution in [0.5, 0.6) is 0 Å². The van der Waals surface area contributed by atoms with Crippen LogP contribution in [-0.2, 0) is 0 Å². The van der Waals surface area contributed by atoms with Crippen molar-refractivity contribution in [3.05, 3.63) is 0 Å². The molecule has 5 heavy (non-hydrogen) atoms. The van der Waals surface area contributed by atoms with Crippen LogP contribution >= 0.6 is 0 Å². The molecular weight excluding hydrogens is 199 g/mol. The van der Waals surface area contributed by atoms with Gasteiger partial charge in [0.1, 0.15) is 0 Å². The predicted octanol–water partition coefficient (Wildman–Crippen LogP) is 0.499. The van der Waals surface area contributed by atoms with Gasteiger partial charge in [0.15, 0.2) is 0 Å². The molecule has 0 aromatic rings. The summed E-state index contributed by atoms with van der Waals surface area (Å²) in [6.07, 6.45) is 0. The molecule has 0 aromatic heterocycles. The summed E-state index contributed by atoms with van der Waals surface area (Å²) in [6, 6.07) is 0. The topological polar surface area (TPSA) is 0 Å². The fraction of sp³-hybridized carbons (Fsp3) is 0. The molecule has 0 aromatic carbocycles. The van der Waals surface area contributed by atoms with Gasteiger partial charge >= 0.3 is 30.1 Å². The van der Waals surface area contributed by atoms with Crippen LogP contribution in [0.2, 0.25) is 0 Å². The summed E-state index contributed by atoms with van der Waals surface area (Å²) in [5.41, 5.74) is 0. The first-order valence-electron chi connectivity index (χ1n) is 0.567. The van der Waals surface area contributed by atoms with Gasteiger partial charge in [0.25, 0.3) is 0 Å². The third-order valence-electron chi connectivity index (χ3n) is 0. The molecule has 0 N–H and O–H groups in total. The average Bonchev–Trinajstić information content (AvgIpc) is 0.811. The second kappa shape index (κ2) is 5.59. The Morgan fingerprint density at radius 1 is 1.00 bits per heavy atom. The molecule has 0 amide bonds. The minimum absolute atomic E-state index is 0. The summed E-state index contributed by atoms with van der Waals surface area (Å²) in [7, 11) is 0. The Kier molecular flexibility index (Phi) is 10.9. The second-order valence-corrected chi connectivity index (χ2v) is 1.44. The molecule has 0 aliphatic heterocycles. The van der Waals surface area contributed by atoms with Gasteiger partial charge in [-0.15, -0.1) is 0 Å². The van der Waals surface area contributed by atoms with Crippen molar-refractivity contribution in [2.75, 3.05) is 0 Å². The monoisotopic (exact) mass is 200 g/mol. The Labute approximate surface area is 59.1 Å². The van der Waals surface area contributed by atoms with Crippen LogP contribution in [0.1, 0.15) is 0 Å². The van der Waals surface area contributed by atoms with Gasteiger partial charge in [-0.25, -0.2) is 0 Å². The maximum atomic E-state index is 9.86. The molecule has 0 aliphatic carbocycles. The molecule has 0 bridgehead atoms. The van der Waals surface area contributed by atoms with Gasteiger partial charge in [0, 0.05) is 29.6 Å². The van der Waals surface area contributed by atoms with Crippen molar-refractivity contribution >= 4 is 51.0 Å². The fourth-order valence-corrected chi connectivity index (χ4v) is 0. The Balaban J connectivity index is 0. The molecule has 0 heterocycles. The maximum Gasteiger partial charge on any atom is 0 e. The summed E-state index contributed by atoms with van der Waals surface area (Å²) >= 11 is -5.04. The number of hydrogen-bond donors (Lipinski definition) is 0. The SMILES string of the molecule is [F][Sn]([F])[F].[Na]. The molecular formula is F3NaSn. The number of halogens is 3. The molecule has 2 radical (unpaired) electrons. The van der Waals surface area contributed by atoms with Crippen molar-refractivity contribution in [2.45, 2.75) is 0 Å².